The first kappa shape index (κ1) is 42.5. The van der Waals surface area contributed by atoms with Crippen LogP contribution in [0.2, 0.25) is 0 Å². The highest BCUT2D eigenvalue weighted by molar-refractivity contribution is 5.83. The molecule has 2 aliphatic heterocycles. The summed E-state index contributed by atoms with van der Waals surface area (Å²) in [5.41, 5.74) is -0.791. The van der Waals surface area contributed by atoms with Gasteiger partial charge in [-0.2, -0.15) is 0 Å². The van der Waals surface area contributed by atoms with Crippen molar-refractivity contribution < 1.29 is 49.0 Å². The quantitative estimate of drug-likeness (QED) is 0.287. The zero-order valence-corrected chi connectivity index (χ0v) is 32.3. The summed E-state index contributed by atoms with van der Waals surface area (Å²) in [6.45, 7) is 18.2. The van der Waals surface area contributed by atoms with Crippen molar-refractivity contribution in [2.75, 3.05) is 14.2 Å². The Balaban J connectivity index is 1.99. The second-order valence-electron chi connectivity index (χ2n) is 15.9. The first-order chi connectivity index (χ1) is 23.2. The number of cyclic esters (lactones) is 1. The lowest BCUT2D eigenvalue weighted by Gasteiger charge is -2.48. The van der Waals surface area contributed by atoms with E-state index in [-0.39, 0.29) is 30.8 Å². The van der Waals surface area contributed by atoms with E-state index in [9.17, 15) is 30.0 Å². The molecule has 2 saturated heterocycles. The third kappa shape index (κ3) is 9.33. The summed E-state index contributed by atoms with van der Waals surface area (Å²) >= 11 is 0. The number of carbonyl (C=O) groups is 2. The lowest BCUT2D eigenvalue weighted by Crippen LogP contribution is -2.60. The number of rotatable bonds is 8. The molecule has 11 heteroatoms. The van der Waals surface area contributed by atoms with Gasteiger partial charge in [-0.1, -0.05) is 65.8 Å². The van der Waals surface area contributed by atoms with Crippen molar-refractivity contribution >= 4 is 11.8 Å². The first-order valence-corrected chi connectivity index (χ1v) is 18.4. The molecule has 2 aliphatic rings. The Labute approximate surface area is 299 Å². The molecule has 0 radical (unpaired) electrons. The molecule has 14 atom stereocenters. The fourth-order valence-corrected chi connectivity index (χ4v) is 7.92. The zero-order chi connectivity index (χ0) is 37.9. The second-order valence-corrected chi connectivity index (χ2v) is 15.9. The van der Waals surface area contributed by atoms with E-state index >= 15 is 0 Å². The highest BCUT2D eigenvalue weighted by Gasteiger charge is 2.52. The Morgan fingerprint density at radius 1 is 0.980 bits per heavy atom. The Morgan fingerprint density at radius 2 is 1.58 bits per heavy atom. The van der Waals surface area contributed by atoms with Crippen LogP contribution in [-0.4, -0.2) is 111 Å². The number of ketones is 1. The van der Waals surface area contributed by atoms with Crippen molar-refractivity contribution in [1.29, 1.82) is 0 Å². The van der Waals surface area contributed by atoms with E-state index in [1.54, 1.807) is 34.6 Å². The van der Waals surface area contributed by atoms with Crippen LogP contribution < -0.4 is 0 Å². The van der Waals surface area contributed by atoms with E-state index < -0.39 is 77.7 Å². The van der Waals surface area contributed by atoms with E-state index in [1.807, 2.05) is 14.0 Å². The predicted octanol–water partition coefficient (Wildman–Crippen LogP) is 4.21. The maximum Gasteiger partial charge on any atom is 0.311 e. The van der Waals surface area contributed by atoms with Gasteiger partial charge in [-0.15, -0.1) is 0 Å². The summed E-state index contributed by atoms with van der Waals surface area (Å²) < 4.78 is 24.7. The van der Waals surface area contributed by atoms with Gasteiger partial charge in [-0.25, -0.2) is 0 Å². The molecule has 0 aromatic heterocycles. The van der Waals surface area contributed by atoms with Crippen LogP contribution in [0, 0.1) is 23.7 Å². The molecule has 3 rings (SSSR count). The van der Waals surface area contributed by atoms with Crippen LogP contribution in [0.1, 0.15) is 106 Å². The van der Waals surface area contributed by atoms with Gasteiger partial charge in [0.15, 0.2) is 6.29 Å². The number of benzene rings is 1. The minimum Gasteiger partial charge on any atom is -0.459 e. The number of likely N-dealkylation sites (N-methyl/N-ethyl adjacent to an activating group) is 1. The molecule has 4 N–H and O–H groups in total. The fourth-order valence-electron chi connectivity index (χ4n) is 7.92. The van der Waals surface area contributed by atoms with Gasteiger partial charge >= 0.3 is 5.97 Å². The Bertz CT molecular complexity index is 1260. The Hall–Kier alpha value is -1.96. The van der Waals surface area contributed by atoms with E-state index in [2.05, 4.69) is 43.0 Å². The van der Waals surface area contributed by atoms with E-state index in [0.717, 1.165) is 5.56 Å². The van der Waals surface area contributed by atoms with Gasteiger partial charge < -0.3 is 39.4 Å². The molecular weight excluding hydrogens is 642 g/mol. The van der Waals surface area contributed by atoms with Gasteiger partial charge in [0, 0.05) is 37.5 Å². The Morgan fingerprint density at radius 3 is 2.12 bits per heavy atom. The predicted molar refractivity (Wildman–Crippen MR) is 190 cm³/mol. The molecule has 1 aromatic carbocycles. The fraction of sp³-hybridized carbons (Fsp3) is 0.795. The first-order valence-electron chi connectivity index (χ1n) is 18.4. The van der Waals surface area contributed by atoms with Gasteiger partial charge in [0.1, 0.15) is 23.6 Å². The van der Waals surface area contributed by atoms with Gasteiger partial charge in [-0.05, 0) is 71.0 Å². The molecule has 0 bridgehead atoms. The SMILES string of the molecule is CCC1OC(=O)[C@H](C)[C@H](O)[C@H](C)[C@@H](OC2O[C@H](C)C[C@H](N(C)Cc3ccc(C(C)C)cc3)[C@H]2O)[C@@](C)(OC)C[C@@H](C)C(=O)[C@H](C)[C@@H](O)[C@]1(C)O. The van der Waals surface area contributed by atoms with E-state index in [4.69, 9.17) is 18.9 Å². The van der Waals surface area contributed by atoms with Crippen LogP contribution in [0.25, 0.3) is 0 Å². The number of ether oxygens (including phenoxy) is 4. The molecule has 0 spiro atoms. The van der Waals surface area contributed by atoms with Gasteiger partial charge in [0.05, 0.1) is 35.9 Å². The topological polar surface area (TPSA) is 155 Å². The van der Waals surface area contributed by atoms with Gasteiger partial charge in [0.25, 0.3) is 0 Å². The lowest BCUT2D eigenvalue weighted by atomic mass is 9.74. The number of hydrogen-bond acceptors (Lipinski definition) is 11. The molecule has 0 aliphatic carbocycles. The zero-order valence-electron chi connectivity index (χ0n) is 32.3. The van der Waals surface area contributed by atoms with Crippen molar-refractivity contribution in [2.24, 2.45) is 23.7 Å². The second kappa shape index (κ2) is 17.2. The molecule has 1 aromatic rings. The largest absolute Gasteiger partial charge is 0.459 e. The van der Waals surface area contributed by atoms with Crippen LogP contribution in [0.4, 0.5) is 0 Å². The molecule has 0 amide bonds. The minimum atomic E-state index is -1.93. The molecule has 2 heterocycles. The lowest BCUT2D eigenvalue weighted by molar-refractivity contribution is -0.302. The number of aliphatic hydroxyl groups is 4. The van der Waals surface area contributed by atoms with Crippen molar-refractivity contribution in [3.63, 3.8) is 0 Å². The van der Waals surface area contributed by atoms with Crippen molar-refractivity contribution in [3.8, 4) is 0 Å². The molecule has 0 saturated carbocycles. The number of hydrogen-bond donors (Lipinski definition) is 4. The molecule has 50 heavy (non-hydrogen) atoms. The minimum absolute atomic E-state index is 0.118. The average Bonchev–Trinajstić information content (AvgIpc) is 3.07. The maximum atomic E-state index is 13.8. The Kier molecular flexibility index (Phi) is 14.6. The number of aliphatic hydroxyl groups excluding tert-OH is 3. The molecule has 286 valence electrons. The van der Waals surface area contributed by atoms with Crippen molar-refractivity contribution in [1.82, 2.24) is 4.90 Å². The third-order valence-corrected chi connectivity index (χ3v) is 11.5. The van der Waals surface area contributed by atoms with Gasteiger partial charge in [0.2, 0.25) is 0 Å². The number of esters is 1. The average molecular weight is 708 g/mol. The van der Waals surface area contributed by atoms with Crippen LogP contribution in [0.3, 0.4) is 0 Å². The van der Waals surface area contributed by atoms with Gasteiger partial charge in [-0.3, -0.25) is 14.5 Å². The highest BCUT2D eigenvalue weighted by atomic mass is 16.7. The summed E-state index contributed by atoms with van der Waals surface area (Å²) in [4.78, 5) is 29.3. The van der Waals surface area contributed by atoms with Crippen LogP contribution in [0.5, 0.6) is 0 Å². The number of nitrogens with zero attached hydrogens (tertiary/aromatic N) is 1. The summed E-state index contributed by atoms with van der Waals surface area (Å²) in [7, 11) is 3.45. The normalized spacial score (nSPS) is 41.2. The summed E-state index contributed by atoms with van der Waals surface area (Å²) in [6.07, 6.45) is -6.57. The van der Waals surface area contributed by atoms with Crippen LogP contribution >= 0.6 is 0 Å². The monoisotopic (exact) mass is 707 g/mol. The molecule has 2 fully saturated rings. The third-order valence-electron chi connectivity index (χ3n) is 11.5. The molecule has 11 nitrogen and oxygen atoms in total. The van der Waals surface area contributed by atoms with Crippen LogP contribution in [-0.2, 0) is 35.1 Å². The standard InChI is InChI=1S/C39H65NO10/c1-13-30-39(10,46)34(44)24(6)31(41)22(4)19-38(9,47-12)35(25(7)32(42)26(8)36(45)49-30)50-37-33(43)29(18-23(5)48-37)40(11)20-27-14-16-28(17-15-27)21(2)3/h14-17,21-26,29-30,32-35,37,42-44,46H,13,18-20H2,1-12H3/t22-,23-,24+,25+,26-,29+,30?,32-,33-,34-,35-,37?,38+,39-/m1/s1. The van der Waals surface area contributed by atoms with Crippen molar-refractivity contribution in [3.05, 3.63) is 35.4 Å². The summed E-state index contributed by atoms with van der Waals surface area (Å²) in [6, 6.07) is 8.15. The number of methoxy groups -OCH3 is 1. The highest BCUT2D eigenvalue weighted by Crippen LogP contribution is 2.39. The number of Topliss-reactive ketones (excluding diaryl/α,β-unsaturated/α-hetero) is 1. The number of carbonyl (C=O) groups excluding carboxylic acids is 2. The maximum absolute atomic E-state index is 13.8. The molecule has 2 unspecified atom stereocenters. The smallest absolute Gasteiger partial charge is 0.311 e. The molecular formula is C39H65NO10. The summed E-state index contributed by atoms with van der Waals surface area (Å²) in [5, 5.41) is 46.1. The van der Waals surface area contributed by atoms with Crippen LogP contribution in [0.15, 0.2) is 24.3 Å². The van der Waals surface area contributed by atoms with Crippen molar-refractivity contribution in [2.45, 2.75) is 161 Å². The summed E-state index contributed by atoms with van der Waals surface area (Å²) in [5.74, 6) is -4.16. The van der Waals surface area contributed by atoms with E-state index in [1.165, 1.54) is 26.5 Å². The van der Waals surface area contributed by atoms with E-state index in [0.29, 0.717) is 18.9 Å².